The van der Waals surface area contributed by atoms with E-state index in [1.54, 1.807) is 36.7 Å². The standard InChI is InChI=1S/C14H16N4O/c1-10(2)17-13-11(6-5-9-16-13)14(19)18-12-7-3-4-8-15-12/h3-10H,1-2H3,(H,16,17)(H,15,18,19). The maximum absolute atomic E-state index is 12.2. The topological polar surface area (TPSA) is 66.9 Å². The van der Waals surface area contributed by atoms with Crippen molar-refractivity contribution in [1.29, 1.82) is 0 Å². The predicted octanol–water partition coefficient (Wildman–Crippen LogP) is 2.55. The Balaban J connectivity index is 2.19. The molecule has 0 fully saturated rings. The fourth-order valence-corrected chi connectivity index (χ4v) is 1.60. The van der Waals surface area contributed by atoms with Crippen LogP contribution in [0.4, 0.5) is 11.6 Å². The van der Waals surface area contributed by atoms with Crippen molar-refractivity contribution in [1.82, 2.24) is 9.97 Å². The summed E-state index contributed by atoms with van der Waals surface area (Å²) in [6.07, 6.45) is 3.29. The molecule has 2 heterocycles. The van der Waals surface area contributed by atoms with Gasteiger partial charge in [0.15, 0.2) is 0 Å². The Bertz CT molecular complexity index is 554. The van der Waals surface area contributed by atoms with Crippen LogP contribution in [0.3, 0.4) is 0 Å². The van der Waals surface area contributed by atoms with Crippen molar-refractivity contribution in [3.63, 3.8) is 0 Å². The lowest BCUT2D eigenvalue weighted by atomic mass is 10.2. The normalized spacial score (nSPS) is 10.3. The van der Waals surface area contributed by atoms with E-state index in [4.69, 9.17) is 0 Å². The van der Waals surface area contributed by atoms with Crippen molar-refractivity contribution in [3.05, 3.63) is 48.3 Å². The lowest BCUT2D eigenvalue weighted by Gasteiger charge is -2.13. The summed E-state index contributed by atoms with van der Waals surface area (Å²) in [5, 5.41) is 5.89. The van der Waals surface area contributed by atoms with Gasteiger partial charge in [-0.05, 0) is 38.1 Å². The smallest absolute Gasteiger partial charge is 0.260 e. The summed E-state index contributed by atoms with van der Waals surface area (Å²) < 4.78 is 0. The number of amides is 1. The predicted molar refractivity (Wildman–Crippen MR) is 75.2 cm³/mol. The molecule has 0 aliphatic carbocycles. The highest BCUT2D eigenvalue weighted by Gasteiger charge is 2.13. The van der Waals surface area contributed by atoms with Gasteiger partial charge in [0, 0.05) is 18.4 Å². The molecule has 98 valence electrons. The van der Waals surface area contributed by atoms with Crippen LogP contribution in [0.1, 0.15) is 24.2 Å². The van der Waals surface area contributed by atoms with E-state index in [1.165, 1.54) is 0 Å². The first-order valence-corrected chi connectivity index (χ1v) is 6.11. The third kappa shape index (κ3) is 3.51. The molecule has 2 rings (SSSR count). The lowest BCUT2D eigenvalue weighted by molar-refractivity contribution is 0.102. The summed E-state index contributed by atoms with van der Waals surface area (Å²) in [4.78, 5) is 20.4. The van der Waals surface area contributed by atoms with E-state index < -0.39 is 0 Å². The van der Waals surface area contributed by atoms with Gasteiger partial charge in [0.05, 0.1) is 5.56 Å². The molecular weight excluding hydrogens is 240 g/mol. The molecule has 0 radical (unpaired) electrons. The van der Waals surface area contributed by atoms with E-state index in [2.05, 4.69) is 20.6 Å². The Morgan fingerprint density at radius 2 is 1.89 bits per heavy atom. The van der Waals surface area contributed by atoms with E-state index in [-0.39, 0.29) is 11.9 Å². The van der Waals surface area contributed by atoms with Crippen molar-refractivity contribution >= 4 is 17.5 Å². The summed E-state index contributed by atoms with van der Waals surface area (Å²) >= 11 is 0. The number of nitrogens with zero attached hydrogens (tertiary/aromatic N) is 2. The highest BCUT2D eigenvalue weighted by Crippen LogP contribution is 2.14. The molecule has 0 aliphatic rings. The van der Waals surface area contributed by atoms with Crippen molar-refractivity contribution < 1.29 is 4.79 Å². The third-order valence-electron chi connectivity index (χ3n) is 2.38. The zero-order chi connectivity index (χ0) is 13.7. The van der Waals surface area contributed by atoms with Crippen molar-refractivity contribution in [2.75, 3.05) is 10.6 Å². The molecule has 0 saturated heterocycles. The second-order valence-corrected chi connectivity index (χ2v) is 4.37. The molecule has 0 bridgehead atoms. The Morgan fingerprint density at radius 3 is 2.58 bits per heavy atom. The molecule has 2 aromatic rings. The molecule has 0 unspecified atom stereocenters. The summed E-state index contributed by atoms with van der Waals surface area (Å²) in [7, 11) is 0. The molecule has 1 amide bonds. The third-order valence-corrected chi connectivity index (χ3v) is 2.38. The van der Waals surface area contributed by atoms with Gasteiger partial charge in [0.2, 0.25) is 0 Å². The van der Waals surface area contributed by atoms with Gasteiger partial charge >= 0.3 is 0 Å². The average molecular weight is 256 g/mol. The van der Waals surface area contributed by atoms with Gasteiger partial charge in [-0.25, -0.2) is 9.97 Å². The molecule has 5 heteroatoms. The maximum atomic E-state index is 12.2. The largest absolute Gasteiger partial charge is 0.367 e. The number of aromatic nitrogens is 2. The van der Waals surface area contributed by atoms with Crippen LogP contribution < -0.4 is 10.6 Å². The number of carbonyl (C=O) groups is 1. The van der Waals surface area contributed by atoms with Gasteiger partial charge in [-0.15, -0.1) is 0 Å². The van der Waals surface area contributed by atoms with Crippen LogP contribution in [0.2, 0.25) is 0 Å². The Labute approximate surface area is 112 Å². The van der Waals surface area contributed by atoms with Gasteiger partial charge in [-0.1, -0.05) is 6.07 Å². The summed E-state index contributed by atoms with van der Waals surface area (Å²) in [5.41, 5.74) is 0.502. The van der Waals surface area contributed by atoms with Crippen LogP contribution in [0.25, 0.3) is 0 Å². The molecule has 2 N–H and O–H groups in total. The van der Waals surface area contributed by atoms with Gasteiger partial charge in [-0.2, -0.15) is 0 Å². The number of hydrogen-bond donors (Lipinski definition) is 2. The fourth-order valence-electron chi connectivity index (χ4n) is 1.60. The van der Waals surface area contributed by atoms with Crippen LogP contribution in [0.15, 0.2) is 42.7 Å². The number of anilines is 2. The fraction of sp³-hybridized carbons (Fsp3) is 0.214. The van der Waals surface area contributed by atoms with E-state index in [1.807, 2.05) is 19.9 Å². The Kier molecular flexibility index (Phi) is 4.07. The van der Waals surface area contributed by atoms with Crippen LogP contribution in [-0.4, -0.2) is 21.9 Å². The first kappa shape index (κ1) is 13.0. The van der Waals surface area contributed by atoms with Crippen LogP contribution >= 0.6 is 0 Å². The Morgan fingerprint density at radius 1 is 1.11 bits per heavy atom. The van der Waals surface area contributed by atoms with Crippen molar-refractivity contribution in [3.8, 4) is 0 Å². The van der Waals surface area contributed by atoms with Gasteiger partial charge < -0.3 is 10.6 Å². The first-order chi connectivity index (χ1) is 9.16. The van der Waals surface area contributed by atoms with Crippen LogP contribution in [0, 0.1) is 0 Å². The molecule has 0 aromatic carbocycles. The number of hydrogen-bond acceptors (Lipinski definition) is 4. The second-order valence-electron chi connectivity index (χ2n) is 4.37. The minimum atomic E-state index is -0.227. The lowest BCUT2D eigenvalue weighted by Crippen LogP contribution is -2.19. The highest BCUT2D eigenvalue weighted by molar-refractivity contribution is 6.07. The monoisotopic (exact) mass is 256 g/mol. The summed E-state index contributed by atoms with van der Waals surface area (Å²) in [6, 6.07) is 9.03. The Hall–Kier alpha value is -2.43. The summed E-state index contributed by atoms with van der Waals surface area (Å²) in [5.74, 6) is 0.868. The molecule has 0 atom stereocenters. The van der Waals surface area contributed by atoms with Crippen LogP contribution in [0.5, 0.6) is 0 Å². The van der Waals surface area contributed by atoms with Crippen LogP contribution in [-0.2, 0) is 0 Å². The van der Waals surface area contributed by atoms with Crippen molar-refractivity contribution in [2.45, 2.75) is 19.9 Å². The number of pyridine rings is 2. The molecule has 2 aromatic heterocycles. The minimum absolute atomic E-state index is 0.205. The number of rotatable bonds is 4. The van der Waals surface area contributed by atoms with E-state index in [0.717, 1.165) is 0 Å². The molecule has 0 spiro atoms. The molecular formula is C14H16N4O. The number of carbonyl (C=O) groups excluding carboxylic acids is 1. The van der Waals surface area contributed by atoms with E-state index >= 15 is 0 Å². The highest BCUT2D eigenvalue weighted by atomic mass is 16.1. The average Bonchev–Trinajstić information content (AvgIpc) is 2.39. The zero-order valence-electron chi connectivity index (χ0n) is 10.9. The maximum Gasteiger partial charge on any atom is 0.260 e. The molecule has 19 heavy (non-hydrogen) atoms. The number of nitrogens with one attached hydrogen (secondary N) is 2. The van der Waals surface area contributed by atoms with E-state index in [0.29, 0.717) is 17.2 Å². The van der Waals surface area contributed by atoms with E-state index in [9.17, 15) is 4.79 Å². The molecule has 5 nitrogen and oxygen atoms in total. The SMILES string of the molecule is CC(C)Nc1ncccc1C(=O)Nc1ccccn1. The van der Waals surface area contributed by atoms with Gasteiger partial charge in [0.1, 0.15) is 11.6 Å². The van der Waals surface area contributed by atoms with Gasteiger partial charge in [-0.3, -0.25) is 4.79 Å². The first-order valence-electron chi connectivity index (χ1n) is 6.11. The molecule has 0 saturated carbocycles. The van der Waals surface area contributed by atoms with Crippen molar-refractivity contribution in [2.24, 2.45) is 0 Å². The quantitative estimate of drug-likeness (QED) is 0.882. The zero-order valence-corrected chi connectivity index (χ0v) is 10.9. The summed E-state index contributed by atoms with van der Waals surface area (Å²) in [6.45, 7) is 3.99. The minimum Gasteiger partial charge on any atom is -0.367 e. The van der Waals surface area contributed by atoms with Gasteiger partial charge in [0.25, 0.3) is 5.91 Å². The second kappa shape index (κ2) is 5.95. The molecule has 0 aliphatic heterocycles.